The Morgan fingerprint density at radius 1 is 1.29 bits per heavy atom. The molecule has 0 saturated heterocycles. The molecular formula is C13H16Cl2O2. The standard InChI is InChI=1S/C13H16Cl2O2/c1-4-17-13(16)12(8(2)3)9-5-6-10(14)11(15)7-9/h5-8,12H,4H2,1-3H3. The van der Waals surface area contributed by atoms with E-state index in [1.54, 1.807) is 19.1 Å². The number of rotatable bonds is 4. The number of hydrogen-bond donors (Lipinski definition) is 0. The minimum atomic E-state index is -0.301. The lowest BCUT2D eigenvalue weighted by Gasteiger charge is -2.19. The Bertz CT molecular complexity index is 402. The molecule has 0 aliphatic heterocycles. The van der Waals surface area contributed by atoms with Crippen LogP contribution in [0.4, 0.5) is 0 Å². The molecule has 0 aliphatic rings. The zero-order chi connectivity index (χ0) is 13.0. The van der Waals surface area contributed by atoms with Crippen LogP contribution in [0.5, 0.6) is 0 Å². The molecule has 17 heavy (non-hydrogen) atoms. The molecule has 0 fully saturated rings. The van der Waals surface area contributed by atoms with Crippen molar-refractivity contribution < 1.29 is 9.53 Å². The van der Waals surface area contributed by atoms with Crippen molar-refractivity contribution in [2.45, 2.75) is 26.7 Å². The second-order valence-electron chi connectivity index (χ2n) is 4.15. The van der Waals surface area contributed by atoms with E-state index in [2.05, 4.69) is 0 Å². The van der Waals surface area contributed by atoms with E-state index in [0.29, 0.717) is 16.7 Å². The Labute approximate surface area is 112 Å². The third kappa shape index (κ3) is 3.62. The van der Waals surface area contributed by atoms with Gasteiger partial charge >= 0.3 is 5.97 Å². The number of carbonyl (C=O) groups is 1. The van der Waals surface area contributed by atoms with Gasteiger partial charge in [-0.25, -0.2) is 0 Å². The molecule has 0 aromatic heterocycles. The highest BCUT2D eigenvalue weighted by Gasteiger charge is 2.25. The third-order valence-corrected chi connectivity index (χ3v) is 3.25. The number of benzene rings is 1. The molecule has 4 heteroatoms. The smallest absolute Gasteiger partial charge is 0.313 e. The van der Waals surface area contributed by atoms with Gasteiger partial charge < -0.3 is 4.74 Å². The molecule has 0 saturated carbocycles. The maximum atomic E-state index is 11.9. The first-order valence-electron chi connectivity index (χ1n) is 5.59. The van der Waals surface area contributed by atoms with E-state index in [0.717, 1.165) is 5.56 Å². The average molecular weight is 275 g/mol. The van der Waals surface area contributed by atoms with Crippen molar-refractivity contribution in [2.24, 2.45) is 5.92 Å². The number of halogens is 2. The number of esters is 1. The van der Waals surface area contributed by atoms with Crippen LogP contribution in [0.15, 0.2) is 18.2 Å². The molecule has 0 heterocycles. The van der Waals surface area contributed by atoms with Gasteiger partial charge in [0.2, 0.25) is 0 Å². The molecule has 0 amide bonds. The summed E-state index contributed by atoms with van der Waals surface area (Å²) >= 11 is 11.8. The molecule has 1 aromatic carbocycles. The lowest BCUT2D eigenvalue weighted by Crippen LogP contribution is -2.20. The van der Waals surface area contributed by atoms with E-state index < -0.39 is 0 Å². The topological polar surface area (TPSA) is 26.3 Å². The van der Waals surface area contributed by atoms with Crippen LogP contribution < -0.4 is 0 Å². The Balaban J connectivity index is 3.05. The molecule has 0 bridgehead atoms. The van der Waals surface area contributed by atoms with Gasteiger partial charge in [0.25, 0.3) is 0 Å². The minimum Gasteiger partial charge on any atom is -0.466 e. The van der Waals surface area contributed by atoms with Gasteiger partial charge in [0.15, 0.2) is 0 Å². The second kappa shape index (κ2) is 6.27. The number of hydrogen-bond acceptors (Lipinski definition) is 2. The van der Waals surface area contributed by atoms with Crippen molar-refractivity contribution in [2.75, 3.05) is 6.61 Å². The first-order valence-corrected chi connectivity index (χ1v) is 6.34. The van der Waals surface area contributed by atoms with Gasteiger partial charge in [-0.15, -0.1) is 0 Å². The fourth-order valence-electron chi connectivity index (χ4n) is 1.73. The summed E-state index contributed by atoms with van der Waals surface area (Å²) in [5, 5.41) is 0.945. The predicted octanol–water partition coefficient (Wildman–Crippen LogP) is 4.30. The normalized spacial score (nSPS) is 12.6. The van der Waals surface area contributed by atoms with Gasteiger partial charge in [0.05, 0.1) is 22.6 Å². The Hall–Kier alpha value is -0.730. The maximum absolute atomic E-state index is 11.9. The lowest BCUT2D eigenvalue weighted by molar-refractivity contribution is -0.146. The Morgan fingerprint density at radius 2 is 1.94 bits per heavy atom. The van der Waals surface area contributed by atoms with E-state index in [1.165, 1.54) is 0 Å². The van der Waals surface area contributed by atoms with Crippen molar-refractivity contribution in [3.8, 4) is 0 Å². The summed E-state index contributed by atoms with van der Waals surface area (Å²) in [6.45, 7) is 6.13. The summed E-state index contributed by atoms with van der Waals surface area (Å²) in [7, 11) is 0. The van der Waals surface area contributed by atoms with Crippen LogP contribution in [0, 0.1) is 5.92 Å². The highest BCUT2D eigenvalue weighted by atomic mass is 35.5. The SMILES string of the molecule is CCOC(=O)C(c1ccc(Cl)c(Cl)c1)C(C)C. The molecule has 1 aromatic rings. The van der Waals surface area contributed by atoms with E-state index in [-0.39, 0.29) is 17.8 Å². The largest absolute Gasteiger partial charge is 0.466 e. The zero-order valence-corrected chi connectivity index (χ0v) is 11.7. The van der Waals surface area contributed by atoms with Gasteiger partial charge in [-0.3, -0.25) is 4.79 Å². The molecule has 1 atom stereocenters. The van der Waals surface area contributed by atoms with Crippen molar-refractivity contribution in [1.29, 1.82) is 0 Å². The molecule has 0 N–H and O–H groups in total. The van der Waals surface area contributed by atoms with Crippen LogP contribution in [0.1, 0.15) is 32.3 Å². The van der Waals surface area contributed by atoms with E-state index in [1.807, 2.05) is 19.9 Å². The Morgan fingerprint density at radius 3 is 2.41 bits per heavy atom. The summed E-state index contributed by atoms with van der Waals surface area (Å²) in [5.74, 6) is -0.378. The first-order chi connectivity index (χ1) is 7.97. The van der Waals surface area contributed by atoms with Crippen molar-refractivity contribution in [3.63, 3.8) is 0 Å². The van der Waals surface area contributed by atoms with Gasteiger partial charge in [0.1, 0.15) is 0 Å². The molecule has 1 unspecified atom stereocenters. The lowest BCUT2D eigenvalue weighted by atomic mass is 9.88. The van der Waals surface area contributed by atoms with E-state index in [9.17, 15) is 4.79 Å². The fraction of sp³-hybridized carbons (Fsp3) is 0.462. The van der Waals surface area contributed by atoms with Gasteiger partial charge in [-0.2, -0.15) is 0 Å². The van der Waals surface area contributed by atoms with Crippen LogP contribution in [-0.4, -0.2) is 12.6 Å². The number of carbonyl (C=O) groups excluding carboxylic acids is 1. The summed E-state index contributed by atoms with van der Waals surface area (Å²) < 4.78 is 5.07. The fourth-order valence-corrected chi connectivity index (χ4v) is 2.04. The van der Waals surface area contributed by atoms with Crippen LogP contribution in [0.25, 0.3) is 0 Å². The molecule has 1 rings (SSSR count). The van der Waals surface area contributed by atoms with Gasteiger partial charge in [-0.1, -0.05) is 43.1 Å². The van der Waals surface area contributed by atoms with Crippen LogP contribution in [0.3, 0.4) is 0 Å². The van der Waals surface area contributed by atoms with Gasteiger partial charge in [-0.05, 0) is 30.5 Å². The summed E-state index contributed by atoms with van der Waals surface area (Å²) in [4.78, 5) is 11.9. The molecule has 0 radical (unpaired) electrons. The second-order valence-corrected chi connectivity index (χ2v) is 4.96. The molecule has 94 valence electrons. The highest BCUT2D eigenvalue weighted by molar-refractivity contribution is 6.42. The summed E-state index contributed by atoms with van der Waals surface area (Å²) in [5.41, 5.74) is 0.841. The molecule has 0 spiro atoms. The molecule has 0 aliphatic carbocycles. The highest BCUT2D eigenvalue weighted by Crippen LogP contribution is 2.31. The molecule has 2 nitrogen and oxygen atoms in total. The zero-order valence-electron chi connectivity index (χ0n) is 10.2. The summed E-state index contributed by atoms with van der Waals surface area (Å²) in [6.07, 6.45) is 0. The van der Waals surface area contributed by atoms with Crippen LogP contribution in [-0.2, 0) is 9.53 Å². The number of ether oxygens (including phenoxy) is 1. The minimum absolute atomic E-state index is 0.145. The Kier molecular flexibility index (Phi) is 5.29. The monoisotopic (exact) mass is 274 g/mol. The predicted molar refractivity (Wildman–Crippen MR) is 70.7 cm³/mol. The first kappa shape index (κ1) is 14.3. The van der Waals surface area contributed by atoms with Crippen LogP contribution >= 0.6 is 23.2 Å². The summed E-state index contributed by atoms with van der Waals surface area (Å²) in [6, 6.07) is 5.25. The van der Waals surface area contributed by atoms with E-state index >= 15 is 0 Å². The quantitative estimate of drug-likeness (QED) is 0.766. The van der Waals surface area contributed by atoms with Crippen molar-refractivity contribution >= 4 is 29.2 Å². The third-order valence-electron chi connectivity index (χ3n) is 2.51. The average Bonchev–Trinajstić information content (AvgIpc) is 2.23. The maximum Gasteiger partial charge on any atom is 0.313 e. The van der Waals surface area contributed by atoms with Crippen LogP contribution in [0.2, 0.25) is 10.0 Å². The van der Waals surface area contributed by atoms with E-state index in [4.69, 9.17) is 27.9 Å². The van der Waals surface area contributed by atoms with Crippen molar-refractivity contribution in [3.05, 3.63) is 33.8 Å². The molecular weight excluding hydrogens is 259 g/mol. The van der Waals surface area contributed by atoms with Gasteiger partial charge in [0, 0.05) is 0 Å². The van der Waals surface area contributed by atoms with Crippen molar-refractivity contribution in [1.82, 2.24) is 0 Å².